The largest absolute Gasteiger partial charge is 0.393 e. The molecular weight excluding hydrogens is 266 g/mol. The summed E-state index contributed by atoms with van der Waals surface area (Å²) in [6.07, 6.45) is 0.196. The van der Waals surface area contributed by atoms with Crippen LogP contribution in [0.2, 0.25) is 0 Å². The number of nitrogens with one attached hydrogen (secondary N) is 1. The van der Waals surface area contributed by atoms with E-state index in [0.717, 1.165) is 16.8 Å². The first-order chi connectivity index (χ1) is 9.81. The van der Waals surface area contributed by atoms with Crippen molar-refractivity contribution in [2.75, 3.05) is 32.6 Å². The van der Waals surface area contributed by atoms with Crippen molar-refractivity contribution in [2.45, 2.75) is 32.9 Å². The van der Waals surface area contributed by atoms with Crippen LogP contribution in [0.1, 0.15) is 24.5 Å². The van der Waals surface area contributed by atoms with Gasteiger partial charge in [0.2, 0.25) is 0 Å². The highest BCUT2D eigenvalue weighted by atomic mass is 16.3. The van der Waals surface area contributed by atoms with Gasteiger partial charge in [0.25, 0.3) is 0 Å². The van der Waals surface area contributed by atoms with Gasteiger partial charge >= 0.3 is 6.03 Å². The second-order valence-corrected chi connectivity index (χ2v) is 5.72. The van der Waals surface area contributed by atoms with Gasteiger partial charge in [0.05, 0.1) is 6.10 Å². The van der Waals surface area contributed by atoms with Crippen LogP contribution in [0, 0.1) is 6.92 Å². The van der Waals surface area contributed by atoms with Crippen molar-refractivity contribution in [3.05, 3.63) is 29.3 Å². The van der Waals surface area contributed by atoms with Gasteiger partial charge in [-0.15, -0.1) is 0 Å². The number of amides is 2. The van der Waals surface area contributed by atoms with Gasteiger partial charge in [0, 0.05) is 39.9 Å². The summed E-state index contributed by atoms with van der Waals surface area (Å²) in [4.78, 5) is 15.6. The van der Waals surface area contributed by atoms with Gasteiger partial charge in [0.1, 0.15) is 0 Å². The van der Waals surface area contributed by atoms with Gasteiger partial charge in [-0.25, -0.2) is 4.79 Å². The Bertz CT molecular complexity index is 473. The van der Waals surface area contributed by atoms with Crippen LogP contribution in [0.25, 0.3) is 0 Å². The zero-order valence-electron chi connectivity index (χ0n) is 13.7. The van der Waals surface area contributed by atoms with E-state index in [4.69, 9.17) is 0 Å². The van der Waals surface area contributed by atoms with Gasteiger partial charge in [-0.1, -0.05) is 6.07 Å². The molecule has 0 bridgehead atoms. The third kappa shape index (κ3) is 5.63. The number of aliphatic hydroxyl groups is 1. The lowest BCUT2D eigenvalue weighted by Crippen LogP contribution is -2.38. The highest BCUT2D eigenvalue weighted by Gasteiger charge is 2.10. The topological polar surface area (TPSA) is 55.8 Å². The minimum Gasteiger partial charge on any atom is -0.393 e. The molecule has 5 heteroatoms. The number of nitrogens with zero attached hydrogens (tertiary/aromatic N) is 2. The first-order valence-corrected chi connectivity index (χ1v) is 7.25. The molecule has 1 rings (SSSR count). The van der Waals surface area contributed by atoms with Crippen molar-refractivity contribution >= 4 is 11.7 Å². The van der Waals surface area contributed by atoms with Crippen LogP contribution in [0.4, 0.5) is 10.5 Å². The number of rotatable bonds is 6. The number of benzene rings is 1. The number of hydrogen-bond acceptors (Lipinski definition) is 3. The molecular formula is C16H27N3O2. The van der Waals surface area contributed by atoms with Gasteiger partial charge in [-0.3, -0.25) is 0 Å². The number of hydrogen-bond donors (Lipinski definition) is 2. The lowest BCUT2D eigenvalue weighted by molar-refractivity contribution is 0.163. The Hall–Kier alpha value is -1.75. The molecule has 21 heavy (non-hydrogen) atoms. The molecule has 0 saturated carbocycles. The summed E-state index contributed by atoms with van der Waals surface area (Å²) in [6, 6.07) is 6.08. The third-order valence-corrected chi connectivity index (χ3v) is 3.50. The molecule has 0 aromatic heterocycles. The maximum absolute atomic E-state index is 11.9. The lowest BCUT2D eigenvalue weighted by atomic mass is 10.1. The van der Waals surface area contributed by atoms with E-state index >= 15 is 0 Å². The molecule has 0 aliphatic rings. The predicted molar refractivity (Wildman–Crippen MR) is 86.7 cm³/mol. The SMILES string of the molecule is Cc1cc(N(C)C)ccc1CNC(=O)N(C)CCC(C)O. The summed E-state index contributed by atoms with van der Waals surface area (Å²) in [5, 5.41) is 12.1. The second-order valence-electron chi connectivity index (χ2n) is 5.72. The smallest absolute Gasteiger partial charge is 0.317 e. The highest BCUT2D eigenvalue weighted by Crippen LogP contribution is 2.17. The van der Waals surface area contributed by atoms with E-state index in [2.05, 4.69) is 16.3 Å². The van der Waals surface area contributed by atoms with Crippen molar-refractivity contribution in [3.63, 3.8) is 0 Å². The van der Waals surface area contributed by atoms with Crippen molar-refractivity contribution in [2.24, 2.45) is 0 Å². The first-order valence-electron chi connectivity index (χ1n) is 7.25. The highest BCUT2D eigenvalue weighted by molar-refractivity contribution is 5.73. The summed E-state index contributed by atoms with van der Waals surface area (Å²) >= 11 is 0. The Kier molecular flexibility index (Phi) is 6.49. The Labute approximate surface area is 127 Å². The molecule has 0 aliphatic heterocycles. The van der Waals surface area contributed by atoms with E-state index in [-0.39, 0.29) is 12.1 Å². The van der Waals surface area contributed by atoms with E-state index in [1.54, 1.807) is 18.9 Å². The standard InChI is InChI=1S/C16H27N3O2/c1-12-10-15(18(3)4)7-6-14(12)11-17-16(21)19(5)9-8-13(2)20/h6-7,10,13,20H,8-9,11H2,1-5H3,(H,17,21). The summed E-state index contributed by atoms with van der Waals surface area (Å²) < 4.78 is 0. The number of carbonyl (C=O) groups is 1. The van der Waals surface area contributed by atoms with E-state index < -0.39 is 0 Å². The van der Waals surface area contributed by atoms with Crippen molar-refractivity contribution in [3.8, 4) is 0 Å². The Morgan fingerprint density at radius 3 is 2.52 bits per heavy atom. The number of aliphatic hydroxyl groups excluding tert-OH is 1. The molecule has 0 spiro atoms. The van der Waals surface area contributed by atoms with E-state index in [0.29, 0.717) is 19.5 Å². The van der Waals surface area contributed by atoms with Crippen LogP contribution in [0.15, 0.2) is 18.2 Å². The fraction of sp³-hybridized carbons (Fsp3) is 0.562. The summed E-state index contributed by atoms with van der Waals surface area (Å²) in [6.45, 7) is 4.83. The van der Waals surface area contributed by atoms with E-state index in [9.17, 15) is 9.90 Å². The maximum Gasteiger partial charge on any atom is 0.317 e. The predicted octanol–water partition coefficient (Wildman–Crippen LogP) is 1.97. The number of aryl methyl sites for hydroxylation is 1. The van der Waals surface area contributed by atoms with Crippen LogP contribution < -0.4 is 10.2 Å². The molecule has 0 radical (unpaired) electrons. The maximum atomic E-state index is 11.9. The Morgan fingerprint density at radius 2 is 2.00 bits per heavy atom. The summed E-state index contributed by atoms with van der Waals surface area (Å²) in [5.41, 5.74) is 3.42. The molecule has 1 unspecified atom stereocenters. The Balaban J connectivity index is 2.53. The molecule has 0 aliphatic carbocycles. The van der Waals surface area contributed by atoms with Crippen molar-refractivity contribution in [1.29, 1.82) is 0 Å². The average Bonchev–Trinajstić information content (AvgIpc) is 2.42. The van der Waals surface area contributed by atoms with Crippen LogP contribution in [-0.4, -0.2) is 49.8 Å². The molecule has 0 fully saturated rings. The molecule has 0 saturated heterocycles. The van der Waals surface area contributed by atoms with Crippen molar-refractivity contribution < 1.29 is 9.90 Å². The molecule has 2 N–H and O–H groups in total. The second kappa shape index (κ2) is 7.88. The molecule has 5 nitrogen and oxygen atoms in total. The normalized spacial score (nSPS) is 11.9. The molecule has 1 aromatic carbocycles. The van der Waals surface area contributed by atoms with Crippen LogP contribution in [0.5, 0.6) is 0 Å². The Morgan fingerprint density at radius 1 is 1.33 bits per heavy atom. The van der Waals surface area contributed by atoms with Crippen LogP contribution >= 0.6 is 0 Å². The summed E-state index contributed by atoms with van der Waals surface area (Å²) in [7, 11) is 5.75. The molecule has 1 atom stereocenters. The van der Waals surface area contributed by atoms with E-state index in [1.165, 1.54) is 0 Å². The van der Waals surface area contributed by atoms with Crippen LogP contribution in [-0.2, 0) is 6.54 Å². The van der Waals surface area contributed by atoms with Gasteiger partial charge in [0.15, 0.2) is 0 Å². The van der Waals surface area contributed by atoms with E-state index in [1.807, 2.05) is 33.2 Å². The molecule has 1 aromatic rings. The fourth-order valence-corrected chi connectivity index (χ4v) is 1.94. The van der Waals surface area contributed by atoms with Crippen LogP contribution in [0.3, 0.4) is 0 Å². The van der Waals surface area contributed by atoms with Crippen molar-refractivity contribution in [1.82, 2.24) is 10.2 Å². The number of anilines is 1. The zero-order chi connectivity index (χ0) is 16.0. The third-order valence-electron chi connectivity index (χ3n) is 3.50. The minimum atomic E-state index is -0.388. The fourth-order valence-electron chi connectivity index (χ4n) is 1.94. The molecule has 118 valence electrons. The number of carbonyl (C=O) groups excluding carboxylic acids is 1. The van der Waals surface area contributed by atoms with Gasteiger partial charge < -0.3 is 20.2 Å². The molecule has 0 heterocycles. The number of urea groups is 1. The average molecular weight is 293 g/mol. The quantitative estimate of drug-likeness (QED) is 0.843. The van der Waals surface area contributed by atoms with Gasteiger partial charge in [-0.05, 0) is 43.5 Å². The minimum absolute atomic E-state index is 0.119. The zero-order valence-corrected chi connectivity index (χ0v) is 13.7. The van der Waals surface area contributed by atoms with Gasteiger partial charge in [-0.2, -0.15) is 0 Å². The first kappa shape index (κ1) is 17.3. The molecule has 2 amide bonds. The monoisotopic (exact) mass is 293 g/mol. The lowest BCUT2D eigenvalue weighted by Gasteiger charge is -2.19. The summed E-state index contributed by atoms with van der Waals surface area (Å²) in [5.74, 6) is 0.